The summed E-state index contributed by atoms with van der Waals surface area (Å²) >= 11 is 0. The van der Waals surface area contributed by atoms with Crippen molar-refractivity contribution in [3.05, 3.63) is 0 Å². The molecule has 0 spiro atoms. The van der Waals surface area contributed by atoms with Crippen molar-refractivity contribution >= 4 is 11.8 Å². The van der Waals surface area contributed by atoms with Gasteiger partial charge in [-0.1, -0.05) is 20.8 Å². The van der Waals surface area contributed by atoms with Crippen molar-refractivity contribution in [3.8, 4) is 0 Å². The molecule has 0 aromatic heterocycles. The van der Waals surface area contributed by atoms with Gasteiger partial charge in [-0.25, -0.2) is 0 Å². The van der Waals surface area contributed by atoms with Gasteiger partial charge in [0.2, 0.25) is 0 Å². The minimum Gasteiger partial charge on any atom is -0.454 e. The first kappa shape index (κ1) is 11.2. The van der Waals surface area contributed by atoms with Crippen molar-refractivity contribution in [2.75, 3.05) is 0 Å². The van der Waals surface area contributed by atoms with Crippen molar-refractivity contribution in [2.24, 2.45) is 11.3 Å². The van der Waals surface area contributed by atoms with Crippen molar-refractivity contribution in [3.63, 3.8) is 0 Å². The third kappa shape index (κ3) is 2.34. The zero-order valence-corrected chi connectivity index (χ0v) is 9.29. The monoisotopic (exact) mass is 198 g/mol. The van der Waals surface area contributed by atoms with E-state index in [1.807, 2.05) is 13.8 Å². The molecule has 14 heavy (non-hydrogen) atoms. The lowest BCUT2D eigenvalue weighted by Gasteiger charge is -2.39. The molecule has 0 aliphatic heterocycles. The van der Waals surface area contributed by atoms with E-state index in [1.165, 1.54) is 6.92 Å². The van der Waals surface area contributed by atoms with Gasteiger partial charge in [-0.05, 0) is 12.3 Å². The second-order valence-electron chi connectivity index (χ2n) is 4.96. The fraction of sp³-hybridized carbons (Fsp3) is 0.818. The van der Waals surface area contributed by atoms with Crippen LogP contribution in [0.4, 0.5) is 0 Å². The van der Waals surface area contributed by atoms with Crippen LogP contribution in [0.1, 0.15) is 40.5 Å². The Morgan fingerprint density at radius 1 is 1.50 bits per heavy atom. The van der Waals surface area contributed by atoms with Crippen LogP contribution in [-0.4, -0.2) is 17.9 Å². The Balaban J connectivity index is 2.80. The van der Waals surface area contributed by atoms with Gasteiger partial charge in [-0.2, -0.15) is 0 Å². The molecule has 0 saturated heterocycles. The largest absolute Gasteiger partial charge is 0.454 e. The van der Waals surface area contributed by atoms with Crippen LogP contribution in [0.5, 0.6) is 0 Å². The van der Waals surface area contributed by atoms with Gasteiger partial charge in [0.15, 0.2) is 11.9 Å². The average molecular weight is 198 g/mol. The molecule has 1 saturated carbocycles. The summed E-state index contributed by atoms with van der Waals surface area (Å²) in [6, 6.07) is 0. The molecular weight excluding hydrogens is 180 g/mol. The van der Waals surface area contributed by atoms with Crippen LogP contribution in [0.2, 0.25) is 0 Å². The summed E-state index contributed by atoms with van der Waals surface area (Å²) < 4.78 is 5.08. The van der Waals surface area contributed by atoms with Crippen LogP contribution in [0, 0.1) is 11.3 Å². The summed E-state index contributed by atoms with van der Waals surface area (Å²) in [5.41, 5.74) is -0.222. The molecule has 3 nitrogen and oxygen atoms in total. The Hall–Kier alpha value is -0.860. The van der Waals surface area contributed by atoms with E-state index in [0.717, 1.165) is 6.42 Å². The lowest BCUT2D eigenvalue weighted by Crippen LogP contribution is -2.45. The van der Waals surface area contributed by atoms with E-state index in [1.54, 1.807) is 0 Å². The van der Waals surface area contributed by atoms with E-state index in [-0.39, 0.29) is 17.2 Å². The number of rotatable bonds is 1. The molecule has 0 unspecified atom stereocenters. The molecule has 1 fully saturated rings. The fourth-order valence-corrected chi connectivity index (χ4v) is 2.35. The molecule has 3 heteroatoms. The van der Waals surface area contributed by atoms with E-state index in [2.05, 4.69) is 6.92 Å². The van der Waals surface area contributed by atoms with Crippen molar-refractivity contribution < 1.29 is 14.3 Å². The average Bonchev–Trinajstić information content (AvgIpc) is 1.95. The van der Waals surface area contributed by atoms with Crippen LogP contribution in [0.3, 0.4) is 0 Å². The van der Waals surface area contributed by atoms with Crippen LogP contribution in [-0.2, 0) is 14.3 Å². The van der Waals surface area contributed by atoms with Crippen molar-refractivity contribution in [1.29, 1.82) is 0 Å². The topological polar surface area (TPSA) is 43.4 Å². The van der Waals surface area contributed by atoms with E-state index < -0.39 is 6.10 Å². The highest BCUT2D eigenvalue weighted by atomic mass is 16.5. The zero-order valence-electron chi connectivity index (χ0n) is 9.29. The molecule has 1 rings (SSSR count). The summed E-state index contributed by atoms with van der Waals surface area (Å²) in [4.78, 5) is 22.5. The molecule has 0 N–H and O–H groups in total. The Labute approximate surface area is 84.8 Å². The molecular formula is C11H18O3. The highest BCUT2D eigenvalue weighted by Crippen LogP contribution is 2.38. The molecule has 2 atom stereocenters. The highest BCUT2D eigenvalue weighted by Gasteiger charge is 2.43. The predicted octanol–water partition coefficient (Wildman–Crippen LogP) is 1.94. The van der Waals surface area contributed by atoms with Gasteiger partial charge in [-0.15, -0.1) is 0 Å². The number of esters is 1. The smallest absolute Gasteiger partial charge is 0.303 e. The second kappa shape index (κ2) is 3.71. The molecule has 0 aromatic rings. The van der Waals surface area contributed by atoms with Crippen molar-refractivity contribution in [1.82, 2.24) is 0 Å². The van der Waals surface area contributed by atoms with Gasteiger partial charge in [0.1, 0.15) is 0 Å². The molecule has 0 aromatic carbocycles. The number of ketones is 1. The van der Waals surface area contributed by atoms with Gasteiger partial charge < -0.3 is 4.74 Å². The van der Waals surface area contributed by atoms with E-state index >= 15 is 0 Å². The van der Waals surface area contributed by atoms with Gasteiger partial charge >= 0.3 is 5.97 Å². The minimum atomic E-state index is -0.545. The molecule has 0 amide bonds. The Kier molecular flexibility index (Phi) is 2.98. The van der Waals surface area contributed by atoms with Crippen molar-refractivity contribution in [2.45, 2.75) is 46.6 Å². The molecule has 1 aliphatic rings. The summed E-state index contributed by atoms with van der Waals surface area (Å²) in [7, 11) is 0. The summed E-state index contributed by atoms with van der Waals surface area (Å²) in [5, 5.41) is 0. The number of ether oxygens (including phenoxy) is 1. The van der Waals surface area contributed by atoms with Gasteiger partial charge in [0.05, 0.1) is 0 Å². The maximum absolute atomic E-state index is 11.7. The Morgan fingerprint density at radius 2 is 2.07 bits per heavy atom. The lowest BCUT2D eigenvalue weighted by molar-refractivity contribution is -0.164. The molecule has 0 bridgehead atoms. The summed E-state index contributed by atoms with van der Waals surface area (Å²) in [6.07, 6.45) is 0.911. The SMILES string of the molecule is CC(=O)O[C@@H]1C(=O)C[C@@H](C)CC1(C)C. The molecule has 80 valence electrons. The Morgan fingerprint density at radius 3 is 2.50 bits per heavy atom. The first-order valence-electron chi connectivity index (χ1n) is 5.03. The third-order valence-corrected chi connectivity index (χ3v) is 2.71. The van der Waals surface area contributed by atoms with E-state index in [0.29, 0.717) is 12.3 Å². The number of carbonyl (C=O) groups is 2. The maximum Gasteiger partial charge on any atom is 0.303 e. The summed E-state index contributed by atoms with van der Waals surface area (Å²) in [5.74, 6) is 0.0826. The number of carbonyl (C=O) groups excluding carboxylic acids is 2. The maximum atomic E-state index is 11.7. The predicted molar refractivity (Wildman–Crippen MR) is 52.7 cm³/mol. The number of Topliss-reactive ketones (excluding diaryl/α,β-unsaturated/α-hetero) is 1. The van der Waals surface area contributed by atoms with Gasteiger partial charge in [0.25, 0.3) is 0 Å². The van der Waals surface area contributed by atoms with Crippen LogP contribution in [0.15, 0.2) is 0 Å². The zero-order chi connectivity index (χ0) is 10.9. The molecule has 0 heterocycles. The minimum absolute atomic E-state index is 0.0592. The van der Waals surface area contributed by atoms with Crippen LogP contribution >= 0.6 is 0 Å². The standard InChI is InChI=1S/C11H18O3/c1-7-5-9(13)10(14-8(2)12)11(3,4)6-7/h7,10H,5-6H2,1-4H3/t7-,10-/m1/s1. The lowest BCUT2D eigenvalue weighted by atomic mass is 9.70. The fourth-order valence-electron chi connectivity index (χ4n) is 2.35. The normalized spacial score (nSPS) is 31.3. The summed E-state index contributed by atoms with van der Waals surface area (Å²) in [6.45, 7) is 7.37. The Bertz CT molecular complexity index is 255. The molecule has 0 radical (unpaired) electrons. The molecule has 1 aliphatic carbocycles. The van der Waals surface area contributed by atoms with E-state index in [9.17, 15) is 9.59 Å². The van der Waals surface area contributed by atoms with Crippen LogP contribution in [0.25, 0.3) is 0 Å². The van der Waals surface area contributed by atoms with E-state index in [4.69, 9.17) is 4.74 Å². The third-order valence-electron chi connectivity index (χ3n) is 2.71. The van der Waals surface area contributed by atoms with Crippen LogP contribution < -0.4 is 0 Å². The first-order valence-corrected chi connectivity index (χ1v) is 5.03. The highest BCUT2D eigenvalue weighted by molar-refractivity contribution is 5.87. The quantitative estimate of drug-likeness (QED) is 0.605. The first-order chi connectivity index (χ1) is 6.33. The number of hydrogen-bond acceptors (Lipinski definition) is 3. The number of hydrogen-bond donors (Lipinski definition) is 0. The van der Waals surface area contributed by atoms with Gasteiger partial charge in [0, 0.05) is 18.8 Å². The second-order valence-corrected chi connectivity index (χ2v) is 4.96. The van der Waals surface area contributed by atoms with Gasteiger partial charge in [-0.3, -0.25) is 9.59 Å².